The lowest BCUT2D eigenvalue weighted by Gasteiger charge is -2.33. The van der Waals surface area contributed by atoms with Crippen LogP contribution >= 0.6 is 0 Å². The Hall–Kier alpha value is -14.1. The minimum Gasteiger partial charge on any atom is -0.398 e. The molecule has 0 unspecified atom stereocenters. The van der Waals surface area contributed by atoms with Crippen molar-refractivity contribution in [1.29, 1.82) is 0 Å². The number of rotatable bonds is 14. The van der Waals surface area contributed by atoms with E-state index in [-0.39, 0.29) is 0 Å². The van der Waals surface area contributed by atoms with E-state index >= 15 is 0 Å². The van der Waals surface area contributed by atoms with E-state index in [0.29, 0.717) is 5.69 Å². The Labute approximate surface area is 635 Å². The van der Waals surface area contributed by atoms with Crippen molar-refractivity contribution in [2.24, 2.45) is 0 Å². The lowest BCUT2D eigenvalue weighted by atomic mass is 9.58. The van der Waals surface area contributed by atoms with Crippen molar-refractivity contribution in [2.45, 2.75) is 0 Å². The van der Waals surface area contributed by atoms with E-state index in [0.717, 1.165) is 167 Å². The third-order valence-corrected chi connectivity index (χ3v) is 22.3. The highest BCUT2D eigenvalue weighted by Gasteiger charge is 2.33. The number of nitrogens with zero attached hydrogens (tertiary/aromatic N) is 4. The molecule has 0 bridgehead atoms. The summed E-state index contributed by atoms with van der Waals surface area (Å²) in [6.45, 7) is 0. The van der Waals surface area contributed by atoms with Gasteiger partial charge >= 0.3 is 0 Å². The first-order chi connectivity index (χ1) is 54.0. The van der Waals surface area contributed by atoms with Crippen LogP contribution < -0.4 is 37.4 Å². The van der Waals surface area contributed by atoms with Crippen molar-refractivity contribution in [3.63, 3.8) is 0 Å². The maximum absolute atomic E-state index is 8.46. The molecule has 0 spiro atoms. The van der Waals surface area contributed by atoms with Crippen LogP contribution in [0.5, 0.6) is 0 Å². The van der Waals surface area contributed by atoms with Crippen LogP contribution in [0.1, 0.15) is 0 Å². The van der Waals surface area contributed by atoms with Crippen LogP contribution in [-0.4, -0.2) is 23.7 Å². The van der Waals surface area contributed by atoms with Gasteiger partial charge in [0.25, 0.3) is 0 Å². The first-order valence-electron chi connectivity index (χ1n) is 37.4. The van der Waals surface area contributed by atoms with E-state index in [9.17, 15) is 0 Å². The molecule has 0 amide bonds. The second-order valence-electron chi connectivity index (χ2n) is 28.5. The van der Waals surface area contributed by atoms with Gasteiger partial charge < -0.3 is 24.7 Å². The van der Waals surface area contributed by atoms with Crippen molar-refractivity contribution >= 4 is 120 Å². The predicted octanol–water partition coefficient (Wildman–Crippen LogP) is 23.7. The first-order valence-corrected chi connectivity index (χ1v) is 37.4. The third kappa shape index (κ3) is 10.7. The summed E-state index contributed by atoms with van der Waals surface area (Å²) in [6, 6.07) is 145. The molecular weight excluding hydrogens is 1320 g/mol. The van der Waals surface area contributed by atoms with Crippen LogP contribution in [0.3, 0.4) is 0 Å². The summed E-state index contributed by atoms with van der Waals surface area (Å²) in [5, 5.41) is 4.80. The number of aromatic nitrogens is 2. The van der Waals surface area contributed by atoms with E-state index < -0.39 is 0 Å². The van der Waals surface area contributed by atoms with Crippen LogP contribution in [0.25, 0.3) is 144 Å². The molecule has 4 heterocycles. The summed E-state index contributed by atoms with van der Waals surface area (Å²) in [6.07, 6.45) is 0. The third-order valence-electron chi connectivity index (χ3n) is 22.3. The topological polar surface area (TPSA) is 42.4 Å². The minimum absolute atomic E-state index is 0.660. The normalized spacial score (nSPS) is 11.9. The van der Waals surface area contributed by atoms with Gasteiger partial charge in [0, 0.05) is 94.6 Å². The zero-order valence-corrected chi connectivity index (χ0v) is 59.5. The van der Waals surface area contributed by atoms with Gasteiger partial charge in [0.05, 0.1) is 22.4 Å². The molecule has 2 radical (unpaired) electrons. The largest absolute Gasteiger partial charge is 0.398 e. The molecule has 0 saturated carbocycles. The zero-order chi connectivity index (χ0) is 72.0. The fraction of sp³-hybridized carbons (Fsp3) is 0. The van der Waals surface area contributed by atoms with Gasteiger partial charge in [0.15, 0.2) is 14.6 Å². The van der Waals surface area contributed by atoms with Gasteiger partial charge in [-0.3, -0.25) is 0 Å². The Morgan fingerprint density at radius 3 is 0.890 bits per heavy atom. The molecule has 0 saturated heterocycles. The quantitative estimate of drug-likeness (QED) is 0.0871. The van der Waals surface area contributed by atoms with Gasteiger partial charge in [0.1, 0.15) is 0 Å². The monoisotopic (exact) mass is 1380 g/mol. The van der Waals surface area contributed by atoms with E-state index in [2.05, 4.69) is 428 Å². The van der Waals surface area contributed by atoms with Crippen LogP contribution in [-0.2, 0) is 0 Å². The highest BCUT2D eigenvalue weighted by molar-refractivity contribution is 6.74. The molecule has 109 heavy (non-hydrogen) atoms. The average molecular weight is 1380 g/mol. The summed E-state index contributed by atoms with van der Waals surface area (Å²) >= 11 is 0. The Morgan fingerprint density at radius 2 is 0.514 bits per heavy atom. The maximum atomic E-state index is 8.46. The van der Waals surface area contributed by atoms with Crippen molar-refractivity contribution in [3.05, 3.63) is 394 Å². The zero-order valence-electron chi connectivity index (χ0n) is 59.5. The Balaban J connectivity index is 0.861. The minimum atomic E-state index is 0.660. The molecule has 506 valence electrons. The van der Waals surface area contributed by atoms with Crippen LogP contribution in [0, 0.1) is 0 Å². The maximum Gasteiger partial charge on any atom is 0.197 e. The molecule has 2 aliphatic rings. The van der Waals surface area contributed by atoms with Gasteiger partial charge in [0.2, 0.25) is 0 Å². The van der Waals surface area contributed by atoms with E-state index in [1.807, 2.05) is 0 Å². The number of para-hydroxylation sites is 7. The van der Waals surface area contributed by atoms with Crippen molar-refractivity contribution in [1.82, 2.24) is 9.13 Å². The second kappa shape index (κ2) is 26.2. The molecule has 0 aliphatic carbocycles. The van der Waals surface area contributed by atoms with Gasteiger partial charge in [-0.05, 0) is 163 Å². The summed E-state index contributed by atoms with van der Waals surface area (Å²) < 4.78 is 5.04. The molecule has 2 N–H and O–H groups in total. The molecule has 2 aliphatic heterocycles. The summed E-state index contributed by atoms with van der Waals surface area (Å²) in [4.78, 5) is 5.00. The molecule has 19 aromatic rings. The number of fused-ring (bicyclic) bond motifs is 10. The van der Waals surface area contributed by atoms with Crippen molar-refractivity contribution in [3.8, 4) is 100 Å². The van der Waals surface area contributed by atoms with Crippen LogP contribution in [0.4, 0.5) is 39.8 Å². The first kappa shape index (κ1) is 63.4. The number of anilines is 7. The van der Waals surface area contributed by atoms with Crippen LogP contribution in [0.2, 0.25) is 0 Å². The second-order valence-corrected chi connectivity index (χ2v) is 28.5. The Bertz CT molecular complexity index is 6270. The fourth-order valence-corrected chi connectivity index (χ4v) is 17.4. The smallest absolute Gasteiger partial charge is 0.197 e. The SMILES string of the molecule is Nc1c(-c2cc(N(c3cc(-c4ccccc4)cc(-c4ccccc4)c3)c3ccccc3-c3ccccc3)cc3c2[B]c2cccc4c5ccccc5n-3c24)cccc1-c1cc(N(c2cc(-c3ccccc3)cc(-c3ccccc3)c2)c2ccccc2-c2ccccc2)cc2c1[B]c1cccc3c4ccccc4n-2c13. The molecule has 5 nitrogen and oxygen atoms in total. The predicted molar refractivity (Wildman–Crippen MR) is 462 cm³/mol. The molecule has 0 atom stereocenters. The number of nitrogen functional groups attached to an aromatic ring is 1. The summed E-state index contributed by atoms with van der Waals surface area (Å²) in [5.41, 5.74) is 43.5. The van der Waals surface area contributed by atoms with Gasteiger partial charge in [-0.2, -0.15) is 0 Å². The lowest BCUT2D eigenvalue weighted by Crippen LogP contribution is -2.38. The van der Waals surface area contributed by atoms with Gasteiger partial charge in [-0.25, -0.2) is 0 Å². The summed E-state index contributed by atoms with van der Waals surface area (Å²) in [7, 11) is 4.83. The molecule has 2 aromatic heterocycles. The standard InChI is InChI=1S/C102H67B2N5/c105-100-84(88-62-78(64-96-98(88)103-90-50-28-48-86-82-44-21-25-54-94(82)108(96)101(86)90)106(92-52-23-19-42-80(92)70-38-15-5-16-39-70)76-58-72(66-30-7-1-8-31-66)56-73(59-76)67-32-9-2-10-33-67)46-27-47-85(100)89-63-79(65-97-99(89)104-91-51-29-49-87-83-45-22-26-55-95(83)109(97)102(87)91)107(93-53-24-20-43-81(93)71-40-17-6-18-41-71)77-60-74(68-34-11-3-12-35-68)57-75(61-77)69-36-13-4-14-37-69/h1-65H,105H2. The highest BCUT2D eigenvalue weighted by Crippen LogP contribution is 2.50. The Morgan fingerprint density at radius 1 is 0.220 bits per heavy atom. The van der Waals surface area contributed by atoms with E-state index in [1.54, 1.807) is 0 Å². The van der Waals surface area contributed by atoms with E-state index in [1.165, 1.54) is 32.6 Å². The Kier molecular flexibility index (Phi) is 15.2. The van der Waals surface area contributed by atoms with Crippen molar-refractivity contribution in [2.75, 3.05) is 15.5 Å². The molecular formula is C102H67B2N5. The lowest BCUT2D eigenvalue weighted by molar-refractivity contribution is 1.18. The molecule has 17 aromatic carbocycles. The number of hydrogen-bond acceptors (Lipinski definition) is 3. The van der Waals surface area contributed by atoms with Gasteiger partial charge in [-0.15, -0.1) is 0 Å². The van der Waals surface area contributed by atoms with Crippen molar-refractivity contribution < 1.29 is 0 Å². The van der Waals surface area contributed by atoms with E-state index in [4.69, 9.17) is 5.73 Å². The molecule has 0 fully saturated rings. The highest BCUT2D eigenvalue weighted by atomic mass is 15.2. The number of benzene rings is 17. The fourth-order valence-electron chi connectivity index (χ4n) is 17.4. The van der Waals surface area contributed by atoms with Crippen LogP contribution in [0.15, 0.2) is 394 Å². The summed E-state index contributed by atoms with van der Waals surface area (Å²) in [5.74, 6) is 0. The number of hydrogen-bond donors (Lipinski definition) is 1. The van der Waals surface area contributed by atoms with Gasteiger partial charge in [-0.1, -0.05) is 320 Å². The molecule has 7 heteroatoms. The number of nitrogens with two attached hydrogens (primary N) is 1. The average Bonchev–Trinajstić information content (AvgIpc) is 1.36. The molecule has 21 rings (SSSR count).